The lowest BCUT2D eigenvalue weighted by Crippen LogP contribution is -2.42. The summed E-state index contributed by atoms with van der Waals surface area (Å²) in [5.74, 6) is 2.09. The van der Waals surface area contributed by atoms with E-state index in [9.17, 15) is 4.79 Å². The number of amides is 1. The molecule has 1 heterocycles. The molecule has 2 N–H and O–H groups in total. The van der Waals surface area contributed by atoms with E-state index >= 15 is 0 Å². The molecule has 1 aliphatic rings. The van der Waals surface area contributed by atoms with Gasteiger partial charge in [0, 0.05) is 30.5 Å². The van der Waals surface area contributed by atoms with Crippen molar-refractivity contribution in [3.63, 3.8) is 0 Å². The lowest BCUT2D eigenvalue weighted by molar-refractivity contribution is -0.146. The molecule has 1 aliphatic heterocycles. The van der Waals surface area contributed by atoms with Gasteiger partial charge in [-0.1, -0.05) is 0 Å². The number of carbonyl (C=O) groups is 1. The zero-order chi connectivity index (χ0) is 11.3. The second-order valence-corrected chi connectivity index (χ2v) is 5.82. The fraction of sp³-hybridized carbons (Fsp3) is 0.900. The molecule has 1 unspecified atom stereocenters. The van der Waals surface area contributed by atoms with Crippen molar-refractivity contribution in [2.45, 2.75) is 38.8 Å². The Bertz CT molecular complexity index is 210. The first kappa shape index (κ1) is 12.8. The minimum atomic E-state index is -0.329. The van der Waals surface area contributed by atoms with Crippen LogP contribution in [0.5, 0.6) is 0 Å². The first-order valence-corrected chi connectivity index (χ1v) is 6.41. The highest BCUT2D eigenvalue weighted by Gasteiger charge is 2.18. The summed E-state index contributed by atoms with van der Waals surface area (Å²) in [6, 6.07) is 0.285. The summed E-state index contributed by atoms with van der Waals surface area (Å²) in [4.78, 5) is 16.7. The first-order chi connectivity index (χ1) is 6.97. The largest absolute Gasteiger partial charge is 0.312 e. The summed E-state index contributed by atoms with van der Waals surface area (Å²) >= 11 is 1.89. The highest BCUT2D eigenvalue weighted by Crippen LogP contribution is 2.10. The number of rotatable bonds is 3. The van der Waals surface area contributed by atoms with Crippen molar-refractivity contribution >= 4 is 17.7 Å². The van der Waals surface area contributed by atoms with Crippen LogP contribution in [0.1, 0.15) is 27.2 Å². The molecule has 0 bridgehead atoms. The average molecular weight is 232 g/mol. The van der Waals surface area contributed by atoms with Gasteiger partial charge in [-0.25, -0.2) is 5.48 Å². The summed E-state index contributed by atoms with van der Waals surface area (Å²) in [5.41, 5.74) is 2.15. The number of thioether (sulfide) groups is 1. The first-order valence-electron chi connectivity index (χ1n) is 5.25. The van der Waals surface area contributed by atoms with Gasteiger partial charge in [0.25, 0.3) is 0 Å². The van der Waals surface area contributed by atoms with Crippen LogP contribution in [-0.2, 0) is 9.63 Å². The monoisotopic (exact) mass is 232 g/mol. The third kappa shape index (κ3) is 6.02. The highest BCUT2D eigenvalue weighted by atomic mass is 32.2. The second kappa shape index (κ2) is 5.72. The van der Waals surface area contributed by atoms with Crippen molar-refractivity contribution < 1.29 is 9.63 Å². The van der Waals surface area contributed by atoms with Crippen LogP contribution >= 0.6 is 11.8 Å². The summed E-state index contributed by atoms with van der Waals surface area (Å²) in [6.07, 6.45) is 0.489. The number of hydrogen-bond donors (Lipinski definition) is 2. The molecular weight excluding hydrogens is 212 g/mol. The molecule has 1 amide bonds. The zero-order valence-electron chi connectivity index (χ0n) is 9.63. The van der Waals surface area contributed by atoms with Gasteiger partial charge in [0.15, 0.2) is 0 Å². The molecule has 1 atom stereocenters. The van der Waals surface area contributed by atoms with Crippen molar-refractivity contribution in [2.24, 2.45) is 0 Å². The normalized spacial score (nSPS) is 22.5. The Morgan fingerprint density at radius 3 is 2.87 bits per heavy atom. The molecular formula is C10H20N2O2S. The molecule has 15 heavy (non-hydrogen) atoms. The molecule has 1 rings (SSSR count). The van der Waals surface area contributed by atoms with Gasteiger partial charge in [0.05, 0.1) is 5.60 Å². The third-order valence-electron chi connectivity index (χ3n) is 1.90. The minimum Gasteiger partial charge on any atom is -0.312 e. The maximum absolute atomic E-state index is 11.5. The Labute approximate surface area is 95.5 Å². The van der Waals surface area contributed by atoms with Crippen LogP contribution in [-0.4, -0.2) is 35.6 Å². The predicted molar refractivity (Wildman–Crippen MR) is 62.7 cm³/mol. The molecule has 0 aromatic carbocycles. The quantitative estimate of drug-likeness (QED) is 0.711. The molecule has 4 nitrogen and oxygen atoms in total. The van der Waals surface area contributed by atoms with E-state index in [0.717, 1.165) is 18.1 Å². The smallest absolute Gasteiger partial charge is 0.245 e. The van der Waals surface area contributed by atoms with E-state index in [-0.39, 0.29) is 17.6 Å². The van der Waals surface area contributed by atoms with Crippen LogP contribution in [0.4, 0.5) is 0 Å². The van der Waals surface area contributed by atoms with Gasteiger partial charge in [0.2, 0.25) is 5.91 Å². The van der Waals surface area contributed by atoms with Gasteiger partial charge >= 0.3 is 0 Å². The van der Waals surface area contributed by atoms with Crippen molar-refractivity contribution in [3.05, 3.63) is 0 Å². The topological polar surface area (TPSA) is 50.4 Å². The van der Waals surface area contributed by atoms with Gasteiger partial charge in [-0.15, -0.1) is 0 Å². The third-order valence-corrected chi connectivity index (χ3v) is 3.03. The lowest BCUT2D eigenvalue weighted by Gasteiger charge is -2.24. The van der Waals surface area contributed by atoms with Gasteiger partial charge in [-0.2, -0.15) is 11.8 Å². The van der Waals surface area contributed by atoms with E-state index in [1.165, 1.54) is 0 Å². The summed E-state index contributed by atoms with van der Waals surface area (Å²) in [5, 5.41) is 3.31. The van der Waals surface area contributed by atoms with Crippen LogP contribution < -0.4 is 10.8 Å². The van der Waals surface area contributed by atoms with E-state index in [0.29, 0.717) is 6.42 Å². The van der Waals surface area contributed by atoms with E-state index in [1.807, 2.05) is 32.5 Å². The van der Waals surface area contributed by atoms with Gasteiger partial charge in [-0.05, 0) is 20.8 Å². The maximum atomic E-state index is 11.5. The van der Waals surface area contributed by atoms with E-state index in [1.54, 1.807) is 0 Å². The van der Waals surface area contributed by atoms with E-state index in [4.69, 9.17) is 4.84 Å². The molecule has 0 saturated carbocycles. The van der Waals surface area contributed by atoms with Crippen LogP contribution in [0.2, 0.25) is 0 Å². The zero-order valence-corrected chi connectivity index (χ0v) is 10.4. The summed E-state index contributed by atoms with van der Waals surface area (Å²) < 4.78 is 0. The van der Waals surface area contributed by atoms with Crippen molar-refractivity contribution in [1.29, 1.82) is 0 Å². The molecule has 0 aromatic rings. The Hall–Kier alpha value is -0.260. The van der Waals surface area contributed by atoms with Crippen molar-refractivity contribution in [3.8, 4) is 0 Å². The van der Waals surface area contributed by atoms with E-state index in [2.05, 4.69) is 10.8 Å². The minimum absolute atomic E-state index is 0.0510. The van der Waals surface area contributed by atoms with Gasteiger partial charge in [0.1, 0.15) is 0 Å². The number of carbonyl (C=O) groups excluding carboxylic acids is 1. The molecule has 0 radical (unpaired) electrons. The second-order valence-electron chi connectivity index (χ2n) is 4.67. The maximum Gasteiger partial charge on any atom is 0.245 e. The molecule has 1 saturated heterocycles. The fourth-order valence-electron chi connectivity index (χ4n) is 1.23. The standard InChI is InChI=1S/C10H20N2O2S/c1-10(2,3)14-12-9(13)6-8-7-15-5-4-11-8/h8,11H,4-7H2,1-3H3,(H,12,13). The van der Waals surface area contributed by atoms with Crippen molar-refractivity contribution in [2.75, 3.05) is 18.1 Å². The van der Waals surface area contributed by atoms with Gasteiger partial charge in [-0.3, -0.25) is 9.63 Å². The molecule has 5 heteroatoms. The Morgan fingerprint density at radius 1 is 1.60 bits per heavy atom. The SMILES string of the molecule is CC(C)(C)ONC(=O)CC1CSCCN1. The van der Waals surface area contributed by atoms with E-state index < -0.39 is 0 Å². The number of hydrogen-bond acceptors (Lipinski definition) is 4. The van der Waals surface area contributed by atoms with Crippen LogP contribution in [0, 0.1) is 0 Å². The molecule has 0 aromatic heterocycles. The average Bonchev–Trinajstić information content (AvgIpc) is 2.15. The molecule has 1 fully saturated rings. The number of nitrogens with one attached hydrogen (secondary N) is 2. The molecule has 88 valence electrons. The highest BCUT2D eigenvalue weighted by molar-refractivity contribution is 7.99. The Morgan fingerprint density at radius 2 is 2.33 bits per heavy atom. The fourth-order valence-corrected chi connectivity index (χ4v) is 2.18. The Kier molecular flexibility index (Phi) is 4.89. The Balaban J connectivity index is 2.17. The van der Waals surface area contributed by atoms with Crippen LogP contribution in [0.25, 0.3) is 0 Å². The number of hydroxylamine groups is 1. The van der Waals surface area contributed by atoms with Crippen LogP contribution in [0.3, 0.4) is 0 Å². The van der Waals surface area contributed by atoms with Crippen LogP contribution in [0.15, 0.2) is 0 Å². The molecule has 0 aliphatic carbocycles. The predicted octanol–water partition coefficient (Wildman–Crippen LogP) is 0.928. The molecule has 0 spiro atoms. The van der Waals surface area contributed by atoms with Crippen molar-refractivity contribution in [1.82, 2.24) is 10.8 Å². The lowest BCUT2D eigenvalue weighted by atomic mass is 10.2. The summed E-state index contributed by atoms with van der Waals surface area (Å²) in [6.45, 7) is 6.70. The summed E-state index contributed by atoms with van der Waals surface area (Å²) in [7, 11) is 0. The van der Waals surface area contributed by atoms with Gasteiger partial charge < -0.3 is 5.32 Å².